The second-order valence-electron chi connectivity index (χ2n) is 14.8. The van der Waals surface area contributed by atoms with Crippen LogP contribution in [0.15, 0.2) is 0 Å². The zero-order valence-electron chi connectivity index (χ0n) is 27.7. The lowest BCUT2D eigenvalue weighted by molar-refractivity contribution is 0.0810. The molecule has 0 aromatic carbocycles. The Morgan fingerprint density at radius 2 is 1.67 bits per heavy atom. The van der Waals surface area contributed by atoms with Crippen LogP contribution in [0.1, 0.15) is 67.0 Å². The van der Waals surface area contributed by atoms with Gasteiger partial charge < -0.3 is 24.5 Å². The largest absolute Gasteiger partial charge is 0.410 e. The summed E-state index contributed by atoms with van der Waals surface area (Å²) in [5.41, 5.74) is 10.7. The molecule has 42 heavy (non-hydrogen) atoms. The fourth-order valence-corrected chi connectivity index (χ4v) is 14.0. The second-order valence-corrected chi connectivity index (χ2v) is 26.9. The van der Waals surface area contributed by atoms with Gasteiger partial charge >= 0.3 is 0 Å². The molecule has 4 heterocycles. The minimum Gasteiger partial charge on any atom is -0.410 e. The lowest BCUT2D eigenvalue weighted by Gasteiger charge is -2.43. The summed E-state index contributed by atoms with van der Waals surface area (Å²) in [7, 11) is -3.27. The zero-order valence-corrected chi connectivity index (χ0v) is 31.8. The van der Waals surface area contributed by atoms with Crippen LogP contribution in [-0.4, -0.2) is 74.6 Å². The van der Waals surface area contributed by atoms with Gasteiger partial charge in [-0.25, -0.2) is 14.6 Å². The number of anilines is 1. The van der Waals surface area contributed by atoms with E-state index in [1.165, 1.54) is 0 Å². The normalized spacial score (nSPS) is 21.6. The standard InChI is InChI=1S/C30H55IN6O3Si2/c1-20(2)42(21(3)4,22(5)6)40-17-24-28(36-13-11-30(12-14-36)18-39-23(7)26(30)32)34-29-25(33-24)27(31)35-37(29)19-38-15-16-41(8,9)10/h20-23,26H,11-19,32H2,1-10H3/t23-,26+/m0/s1. The van der Waals surface area contributed by atoms with Gasteiger partial charge in [-0.15, -0.1) is 0 Å². The highest BCUT2D eigenvalue weighted by molar-refractivity contribution is 14.1. The maximum atomic E-state index is 7.08. The first kappa shape index (κ1) is 34.2. The smallest absolute Gasteiger partial charge is 0.200 e. The third-order valence-electron chi connectivity index (χ3n) is 9.86. The third-order valence-corrected chi connectivity index (χ3v) is 18.3. The van der Waals surface area contributed by atoms with E-state index in [0.29, 0.717) is 30.0 Å². The molecule has 2 aromatic heterocycles. The molecule has 2 aliphatic heterocycles. The van der Waals surface area contributed by atoms with Crippen molar-refractivity contribution in [3.8, 4) is 0 Å². The molecule has 9 nitrogen and oxygen atoms in total. The summed E-state index contributed by atoms with van der Waals surface area (Å²) < 4.78 is 21.9. The molecule has 1 spiro atoms. The molecular formula is C30H55IN6O3Si2. The van der Waals surface area contributed by atoms with Crippen LogP contribution in [0, 0.1) is 9.12 Å². The number of aromatic nitrogens is 4. The topological polar surface area (TPSA) is 101 Å². The first-order valence-electron chi connectivity index (χ1n) is 15.9. The summed E-state index contributed by atoms with van der Waals surface area (Å²) in [5.74, 6) is 0.914. The van der Waals surface area contributed by atoms with E-state index >= 15 is 0 Å². The number of hydrogen-bond donors (Lipinski definition) is 1. The van der Waals surface area contributed by atoms with Crippen LogP contribution < -0.4 is 10.6 Å². The molecule has 2 aliphatic rings. The van der Waals surface area contributed by atoms with E-state index < -0.39 is 16.4 Å². The van der Waals surface area contributed by atoms with Crippen molar-refractivity contribution in [2.24, 2.45) is 11.1 Å². The molecular weight excluding hydrogens is 675 g/mol. The Hall–Kier alpha value is -0.646. The van der Waals surface area contributed by atoms with Gasteiger partial charge in [0, 0.05) is 39.2 Å². The lowest BCUT2D eigenvalue weighted by Crippen LogP contribution is -2.51. The van der Waals surface area contributed by atoms with Crippen LogP contribution in [-0.2, 0) is 27.2 Å². The van der Waals surface area contributed by atoms with E-state index in [1.54, 1.807) is 0 Å². The molecule has 0 aliphatic carbocycles. The minimum atomic E-state index is -2.10. The molecule has 12 heteroatoms. The van der Waals surface area contributed by atoms with Crippen LogP contribution in [0.3, 0.4) is 0 Å². The summed E-state index contributed by atoms with van der Waals surface area (Å²) in [5, 5.41) is 4.80. The summed E-state index contributed by atoms with van der Waals surface area (Å²) in [6, 6.07) is 1.19. The highest BCUT2D eigenvalue weighted by atomic mass is 127. The van der Waals surface area contributed by atoms with Gasteiger partial charge in [0.15, 0.2) is 15.2 Å². The maximum Gasteiger partial charge on any atom is 0.200 e. The van der Waals surface area contributed by atoms with Crippen molar-refractivity contribution in [1.29, 1.82) is 0 Å². The van der Waals surface area contributed by atoms with E-state index in [4.69, 9.17) is 34.7 Å². The molecule has 238 valence electrons. The number of ether oxygens (including phenoxy) is 2. The molecule has 0 amide bonds. The lowest BCUT2D eigenvalue weighted by atomic mass is 9.73. The van der Waals surface area contributed by atoms with Crippen LogP contribution in [0.4, 0.5) is 5.82 Å². The number of piperidine rings is 1. The number of nitrogens with two attached hydrogens (primary N) is 1. The van der Waals surface area contributed by atoms with Gasteiger partial charge in [-0.3, -0.25) is 0 Å². The van der Waals surface area contributed by atoms with Gasteiger partial charge in [0.25, 0.3) is 0 Å². The van der Waals surface area contributed by atoms with Crippen molar-refractivity contribution in [2.45, 2.75) is 129 Å². The molecule has 2 N–H and O–H groups in total. The van der Waals surface area contributed by atoms with Gasteiger partial charge in [-0.2, -0.15) is 5.10 Å². The molecule has 2 fully saturated rings. The molecule has 2 aromatic rings. The van der Waals surface area contributed by atoms with Crippen molar-refractivity contribution < 1.29 is 13.9 Å². The Labute approximate surface area is 269 Å². The molecule has 2 saturated heterocycles. The monoisotopic (exact) mass is 730 g/mol. The number of nitrogens with zero attached hydrogens (tertiary/aromatic N) is 5. The quantitative estimate of drug-likeness (QED) is 0.145. The number of rotatable bonds is 12. The van der Waals surface area contributed by atoms with Crippen LogP contribution in [0.25, 0.3) is 11.2 Å². The summed E-state index contributed by atoms with van der Waals surface area (Å²) >= 11 is 2.28. The van der Waals surface area contributed by atoms with E-state index in [9.17, 15) is 0 Å². The van der Waals surface area contributed by atoms with Gasteiger partial charge in [0.05, 0.1) is 19.3 Å². The summed E-state index contributed by atoms with van der Waals surface area (Å²) in [6.07, 6.45) is 2.07. The van der Waals surface area contributed by atoms with Gasteiger partial charge in [0.1, 0.15) is 17.9 Å². The number of hydrogen-bond acceptors (Lipinski definition) is 8. The second kappa shape index (κ2) is 13.4. The molecule has 2 atom stereocenters. The molecule has 0 unspecified atom stereocenters. The number of fused-ring (bicyclic) bond motifs is 1. The van der Waals surface area contributed by atoms with E-state index in [-0.39, 0.29) is 17.6 Å². The molecule has 4 rings (SSSR count). The van der Waals surface area contributed by atoms with Crippen LogP contribution in [0.5, 0.6) is 0 Å². The Kier molecular flexibility index (Phi) is 10.9. The molecule has 0 bridgehead atoms. The van der Waals surface area contributed by atoms with Gasteiger partial charge in [-0.1, -0.05) is 61.2 Å². The zero-order chi connectivity index (χ0) is 31.0. The van der Waals surface area contributed by atoms with Gasteiger partial charge in [0.2, 0.25) is 8.32 Å². The van der Waals surface area contributed by atoms with Crippen molar-refractivity contribution in [3.63, 3.8) is 0 Å². The average molecular weight is 731 g/mol. The molecule has 0 saturated carbocycles. The summed E-state index contributed by atoms with van der Waals surface area (Å²) in [6.45, 7) is 27.2. The third kappa shape index (κ3) is 6.94. The summed E-state index contributed by atoms with van der Waals surface area (Å²) in [4.78, 5) is 12.9. The van der Waals surface area contributed by atoms with Crippen molar-refractivity contribution >= 4 is 56.0 Å². The van der Waals surface area contributed by atoms with Crippen LogP contribution in [0.2, 0.25) is 42.3 Å². The van der Waals surface area contributed by atoms with E-state index in [1.807, 2.05) is 4.68 Å². The molecule has 0 radical (unpaired) electrons. The average Bonchev–Trinajstić information content (AvgIpc) is 3.36. The van der Waals surface area contributed by atoms with Gasteiger partial charge in [-0.05, 0) is 65.0 Å². The van der Waals surface area contributed by atoms with Crippen molar-refractivity contribution in [1.82, 2.24) is 19.7 Å². The Balaban J connectivity index is 1.67. The predicted octanol–water partition coefficient (Wildman–Crippen LogP) is 6.77. The minimum absolute atomic E-state index is 0.0421. The Morgan fingerprint density at radius 3 is 2.19 bits per heavy atom. The predicted molar refractivity (Wildman–Crippen MR) is 185 cm³/mol. The number of halogens is 1. The Bertz CT molecular complexity index is 1190. The SMILES string of the molecule is CC(C)[Si](OCc1nc2c(I)nn(COCC[Si](C)(C)C)c2nc1N1CCC2(CC1)CO[C@@H](C)[C@H]2N)(C(C)C)C(C)C. The fourth-order valence-electron chi connectivity index (χ4n) is 7.27. The highest BCUT2D eigenvalue weighted by Crippen LogP contribution is 2.44. The maximum absolute atomic E-state index is 7.08. The van der Waals surface area contributed by atoms with Crippen molar-refractivity contribution in [2.75, 3.05) is 31.2 Å². The fraction of sp³-hybridized carbons (Fsp3) is 0.833. The van der Waals surface area contributed by atoms with E-state index in [0.717, 1.165) is 71.6 Å². The van der Waals surface area contributed by atoms with Crippen LogP contribution >= 0.6 is 22.6 Å². The Morgan fingerprint density at radius 1 is 1.05 bits per heavy atom. The van der Waals surface area contributed by atoms with E-state index in [2.05, 4.69) is 95.6 Å². The highest BCUT2D eigenvalue weighted by Gasteiger charge is 2.48. The van der Waals surface area contributed by atoms with Crippen molar-refractivity contribution in [3.05, 3.63) is 9.39 Å². The first-order chi connectivity index (χ1) is 19.6. The first-order valence-corrected chi connectivity index (χ1v) is 22.8.